The van der Waals surface area contributed by atoms with E-state index >= 15 is 0 Å². The van der Waals surface area contributed by atoms with E-state index in [2.05, 4.69) is 5.32 Å². The highest BCUT2D eigenvalue weighted by atomic mass is 19.4. The van der Waals surface area contributed by atoms with Gasteiger partial charge in [0.1, 0.15) is 12.4 Å². The highest BCUT2D eigenvalue weighted by Gasteiger charge is 2.31. The molecule has 1 heterocycles. The highest BCUT2D eigenvalue weighted by molar-refractivity contribution is 6.02. The molecule has 0 saturated carbocycles. The van der Waals surface area contributed by atoms with Gasteiger partial charge in [-0.1, -0.05) is 0 Å². The zero-order valence-corrected chi connectivity index (χ0v) is 12.2. The third kappa shape index (κ3) is 4.33. The number of alkyl halides is 3. The Morgan fingerprint density at radius 3 is 2.65 bits per heavy atom. The van der Waals surface area contributed by atoms with Crippen LogP contribution in [0, 0.1) is 0 Å². The first-order valence-electron chi connectivity index (χ1n) is 6.63. The molecule has 1 amide bonds. The molecule has 0 aliphatic rings. The van der Waals surface area contributed by atoms with Crippen molar-refractivity contribution in [3.63, 3.8) is 0 Å². The number of carbonyl (C=O) groups excluding carboxylic acids is 1. The van der Waals surface area contributed by atoms with Crippen LogP contribution in [0.25, 0.3) is 0 Å². The lowest BCUT2D eigenvalue weighted by Gasteiger charge is -2.12. The minimum absolute atomic E-state index is 0.00466. The molecule has 124 valence electrons. The Bertz CT molecular complexity index is 696. The van der Waals surface area contributed by atoms with Crippen molar-refractivity contribution >= 4 is 11.6 Å². The van der Waals surface area contributed by atoms with Gasteiger partial charge in [-0.25, -0.2) is 0 Å². The summed E-state index contributed by atoms with van der Waals surface area (Å²) >= 11 is 0. The number of amides is 1. The minimum Gasteiger partial charge on any atom is -0.453 e. The van der Waals surface area contributed by atoms with Crippen LogP contribution < -0.4 is 11.1 Å². The molecule has 23 heavy (non-hydrogen) atoms. The normalized spacial score (nSPS) is 11.5. The first-order valence-corrected chi connectivity index (χ1v) is 6.63. The van der Waals surface area contributed by atoms with Crippen molar-refractivity contribution in [2.24, 2.45) is 5.73 Å². The van der Waals surface area contributed by atoms with Crippen molar-refractivity contribution < 1.29 is 27.1 Å². The van der Waals surface area contributed by atoms with Crippen LogP contribution in [0.4, 0.5) is 18.9 Å². The Morgan fingerprint density at radius 2 is 2.04 bits per heavy atom. The topological polar surface area (TPSA) is 77.5 Å². The molecule has 5 nitrogen and oxygen atoms in total. The molecule has 1 aromatic carbocycles. The van der Waals surface area contributed by atoms with Crippen LogP contribution in [0.15, 0.2) is 34.7 Å². The molecule has 1 aromatic heterocycles. The van der Waals surface area contributed by atoms with Gasteiger partial charge < -0.3 is 20.2 Å². The summed E-state index contributed by atoms with van der Waals surface area (Å²) in [4.78, 5) is 12.0. The smallest absolute Gasteiger partial charge is 0.416 e. The number of nitrogens with two attached hydrogens (primary N) is 1. The van der Waals surface area contributed by atoms with Crippen LogP contribution in [-0.4, -0.2) is 13.0 Å². The Kier molecular flexibility index (Phi) is 5.07. The Morgan fingerprint density at radius 1 is 1.30 bits per heavy atom. The molecule has 0 bridgehead atoms. The summed E-state index contributed by atoms with van der Waals surface area (Å²) in [6.07, 6.45) is -4.53. The van der Waals surface area contributed by atoms with Crippen molar-refractivity contribution in [2.45, 2.75) is 19.3 Å². The van der Waals surface area contributed by atoms with E-state index in [-0.39, 0.29) is 30.2 Å². The fourth-order valence-corrected chi connectivity index (χ4v) is 1.96. The fraction of sp³-hybridized carbons (Fsp3) is 0.267. The van der Waals surface area contributed by atoms with Crippen LogP contribution in [-0.2, 0) is 24.1 Å². The zero-order valence-electron chi connectivity index (χ0n) is 12.2. The number of nitrogens with one attached hydrogen (secondary N) is 1. The Balaban J connectivity index is 2.22. The number of hydrogen-bond donors (Lipinski definition) is 2. The van der Waals surface area contributed by atoms with E-state index < -0.39 is 17.6 Å². The van der Waals surface area contributed by atoms with Crippen molar-refractivity contribution in [3.05, 3.63) is 53.0 Å². The second-order valence-corrected chi connectivity index (χ2v) is 4.77. The molecule has 2 rings (SSSR count). The third-order valence-corrected chi connectivity index (χ3v) is 2.99. The Hall–Kier alpha value is -2.32. The van der Waals surface area contributed by atoms with Gasteiger partial charge in [-0.05, 0) is 35.9 Å². The second kappa shape index (κ2) is 6.84. The molecule has 0 aliphatic carbocycles. The summed E-state index contributed by atoms with van der Waals surface area (Å²) in [6.45, 7) is 0.111. The molecular formula is C15H15F3N2O3. The quantitative estimate of drug-likeness (QED) is 0.884. The molecule has 0 fully saturated rings. The largest absolute Gasteiger partial charge is 0.453 e. The number of furan rings is 1. The van der Waals surface area contributed by atoms with Gasteiger partial charge in [-0.3, -0.25) is 4.79 Å². The van der Waals surface area contributed by atoms with Gasteiger partial charge in [0, 0.05) is 19.3 Å². The molecule has 0 saturated heterocycles. The molecule has 0 radical (unpaired) electrons. The maximum absolute atomic E-state index is 12.8. The van der Waals surface area contributed by atoms with Crippen LogP contribution in [0.1, 0.15) is 27.4 Å². The first kappa shape index (κ1) is 17.0. The molecule has 0 atom stereocenters. The van der Waals surface area contributed by atoms with E-state index in [1.54, 1.807) is 6.07 Å². The molecule has 3 N–H and O–H groups in total. The van der Waals surface area contributed by atoms with Gasteiger partial charge in [-0.15, -0.1) is 0 Å². The zero-order chi connectivity index (χ0) is 17.0. The number of benzene rings is 1. The first-order chi connectivity index (χ1) is 10.8. The molecule has 2 aromatic rings. The van der Waals surface area contributed by atoms with E-state index in [4.69, 9.17) is 14.9 Å². The van der Waals surface area contributed by atoms with E-state index in [1.807, 2.05) is 0 Å². The monoisotopic (exact) mass is 328 g/mol. The Labute approximate surface area is 130 Å². The average molecular weight is 328 g/mol. The predicted octanol–water partition coefficient (Wildman–Crippen LogP) is 3.16. The summed E-state index contributed by atoms with van der Waals surface area (Å²) in [5, 5.41) is 2.37. The number of ether oxygens (including phenoxy) is 1. The van der Waals surface area contributed by atoms with Crippen molar-refractivity contribution in [3.8, 4) is 0 Å². The maximum Gasteiger partial charge on any atom is 0.416 e. The lowest BCUT2D eigenvalue weighted by atomic mass is 10.1. The molecule has 8 heteroatoms. The highest BCUT2D eigenvalue weighted by Crippen LogP contribution is 2.32. The summed E-state index contributed by atoms with van der Waals surface area (Å²) < 4.78 is 48.6. The fourth-order valence-electron chi connectivity index (χ4n) is 1.96. The van der Waals surface area contributed by atoms with E-state index in [1.165, 1.54) is 19.2 Å². The number of anilines is 1. The summed E-state index contributed by atoms with van der Waals surface area (Å²) in [6, 6.07) is 6.14. The molecule has 0 aliphatic heterocycles. The number of halogens is 3. The summed E-state index contributed by atoms with van der Waals surface area (Å²) in [7, 11) is 1.47. The SMILES string of the molecule is COCc1ccc(C(=O)Nc2cc(CN)cc(C(F)(F)F)c2)o1. The van der Waals surface area contributed by atoms with Gasteiger partial charge in [0.25, 0.3) is 5.91 Å². The molecule has 0 spiro atoms. The van der Waals surface area contributed by atoms with E-state index in [0.29, 0.717) is 5.76 Å². The van der Waals surface area contributed by atoms with Crippen LogP contribution >= 0.6 is 0 Å². The van der Waals surface area contributed by atoms with Gasteiger partial charge in [-0.2, -0.15) is 13.2 Å². The van der Waals surface area contributed by atoms with Gasteiger partial charge in [0.2, 0.25) is 0 Å². The van der Waals surface area contributed by atoms with Crippen LogP contribution in [0.5, 0.6) is 0 Å². The van der Waals surface area contributed by atoms with Gasteiger partial charge in [0.15, 0.2) is 5.76 Å². The van der Waals surface area contributed by atoms with E-state index in [0.717, 1.165) is 12.1 Å². The van der Waals surface area contributed by atoms with Crippen molar-refractivity contribution in [1.82, 2.24) is 0 Å². The van der Waals surface area contributed by atoms with Crippen LogP contribution in [0.3, 0.4) is 0 Å². The van der Waals surface area contributed by atoms with Crippen molar-refractivity contribution in [1.29, 1.82) is 0 Å². The number of methoxy groups -OCH3 is 1. The lowest BCUT2D eigenvalue weighted by molar-refractivity contribution is -0.137. The lowest BCUT2D eigenvalue weighted by Crippen LogP contribution is -2.14. The summed E-state index contributed by atoms with van der Waals surface area (Å²) in [5.74, 6) is -0.247. The standard InChI is InChI=1S/C15H15F3N2O3/c1-22-8-12-2-3-13(23-12)14(21)20-11-5-9(7-19)4-10(6-11)15(16,17)18/h2-6H,7-8,19H2,1H3,(H,20,21). The number of rotatable bonds is 5. The predicted molar refractivity (Wildman–Crippen MR) is 76.7 cm³/mol. The number of hydrogen-bond acceptors (Lipinski definition) is 4. The summed E-state index contributed by atoms with van der Waals surface area (Å²) in [5.41, 5.74) is 4.77. The molecular weight excluding hydrogens is 313 g/mol. The second-order valence-electron chi connectivity index (χ2n) is 4.77. The number of carbonyl (C=O) groups is 1. The van der Waals surface area contributed by atoms with Gasteiger partial charge >= 0.3 is 6.18 Å². The minimum atomic E-state index is -4.53. The maximum atomic E-state index is 12.8. The van der Waals surface area contributed by atoms with E-state index in [9.17, 15) is 18.0 Å². The van der Waals surface area contributed by atoms with Crippen LogP contribution in [0.2, 0.25) is 0 Å². The molecule has 0 unspecified atom stereocenters. The van der Waals surface area contributed by atoms with Gasteiger partial charge in [0.05, 0.1) is 5.56 Å². The van der Waals surface area contributed by atoms with Crippen molar-refractivity contribution in [2.75, 3.05) is 12.4 Å². The third-order valence-electron chi connectivity index (χ3n) is 2.99. The average Bonchev–Trinajstić information content (AvgIpc) is 2.95.